The second kappa shape index (κ2) is 3.77. The van der Waals surface area contributed by atoms with Gasteiger partial charge in [0.15, 0.2) is 0 Å². The monoisotopic (exact) mass is 216 g/mol. The van der Waals surface area contributed by atoms with Crippen LogP contribution in [-0.4, -0.2) is 30.0 Å². The average Bonchev–Trinajstić information content (AvgIpc) is 2.18. The SMILES string of the molecule is O=C(O)C(O)S(=O)(=O)c1ccccc1. The van der Waals surface area contributed by atoms with E-state index >= 15 is 0 Å². The van der Waals surface area contributed by atoms with Crippen LogP contribution in [0.15, 0.2) is 35.2 Å². The molecule has 0 fully saturated rings. The molecule has 6 heteroatoms. The molecule has 0 aliphatic heterocycles. The van der Waals surface area contributed by atoms with E-state index in [1.165, 1.54) is 24.3 Å². The van der Waals surface area contributed by atoms with E-state index in [4.69, 9.17) is 10.2 Å². The van der Waals surface area contributed by atoms with Crippen molar-refractivity contribution in [1.82, 2.24) is 0 Å². The summed E-state index contributed by atoms with van der Waals surface area (Å²) < 4.78 is 22.7. The van der Waals surface area contributed by atoms with Gasteiger partial charge in [0.05, 0.1) is 4.90 Å². The van der Waals surface area contributed by atoms with E-state index in [1.54, 1.807) is 6.07 Å². The summed E-state index contributed by atoms with van der Waals surface area (Å²) in [6.45, 7) is 0. The zero-order chi connectivity index (χ0) is 10.8. The van der Waals surface area contributed by atoms with Crippen molar-refractivity contribution in [2.24, 2.45) is 0 Å². The Morgan fingerprint density at radius 3 is 2.14 bits per heavy atom. The van der Waals surface area contributed by atoms with Gasteiger partial charge in [-0.3, -0.25) is 0 Å². The molecule has 1 rings (SSSR count). The van der Waals surface area contributed by atoms with Crippen molar-refractivity contribution in [3.05, 3.63) is 30.3 Å². The van der Waals surface area contributed by atoms with Gasteiger partial charge >= 0.3 is 5.97 Å². The first-order valence-electron chi connectivity index (χ1n) is 3.66. The highest BCUT2D eigenvalue weighted by molar-refractivity contribution is 7.92. The van der Waals surface area contributed by atoms with Crippen LogP contribution in [0.5, 0.6) is 0 Å². The van der Waals surface area contributed by atoms with E-state index in [1.807, 2.05) is 0 Å². The van der Waals surface area contributed by atoms with Crippen LogP contribution in [0.25, 0.3) is 0 Å². The standard InChI is InChI=1S/C8H8O5S/c9-7(10)8(11)14(12,13)6-4-2-1-3-5-6/h1-5,8,11H,(H,9,10). The van der Waals surface area contributed by atoms with Crippen molar-refractivity contribution in [3.63, 3.8) is 0 Å². The minimum atomic E-state index is -4.18. The molecule has 0 amide bonds. The zero-order valence-corrected chi connectivity index (χ0v) is 7.81. The Labute approximate surface area is 80.5 Å². The van der Waals surface area contributed by atoms with Crippen LogP contribution < -0.4 is 0 Å². The molecule has 2 N–H and O–H groups in total. The van der Waals surface area contributed by atoms with E-state index in [0.29, 0.717) is 0 Å². The number of carboxylic acids is 1. The van der Waals surface area contributed by atoms with Crippen molar-refractivity contribution in [2.45, 2.75) is 10.3 Å². The maximum Gasteiger partial charge on any atom is 0.348 e. The number of hydrogen-bond acceptors (Lipinski definition) is 4. The number of aliphatic hydroxyl groups is 1. The second-order valence-corrected chi connectivity index (χ2v) is 4.56. The number of aliphatic carboxylic acids is 1. The largest absolute Gasteiger partial charge is 0.479 e. The summed E-state index contributed by atoms with van der Waals surface area (Å²) in [5.74, 6) is -1.78. The van der Waals surface area contributed by atoms with E-state index in [2.05, 4.69) is 0 Å². The molecule has 0 radical (unpaired) electrons. The Morgan fingerprint density at radius 1 is 1.21 bits per heavy atom. The summed E-state index contributed by atoms with van der Waals surface area (Å²) in [5.41, 5.74) is -2.41. The molecule has 0 spiro atoms. The fraction of sp³-hybridized carbons (Fsp3) is 0.125. The summed E-state index contributed by atoms with van der Waals surface area (Å²) >= 11 is 0. The van der Waals surface area contributed by atoms with E-state index in [-0.39, 0.29) is 4.90 Å². The first-order chi connectivity index (χ1) is 6.46. The van der Waals surface area contributed by atoms with E-state index in [9.17, 15) is 13.2 Å². The fourth-order valence-electron chi connectivity index (χ4n) is 0.872. The molecule has 1 aromatic rings. The molecule has 5 nitrogen and oxygen atoms in total. The van der Waals surface area contributed by atoms with E-state index in [0.717, 1.165) is 0 Å². The van der Waals surface area contributed by atoms with Crippen LogP contribution in [-0.2, 0) is 14.6 Å². The minimum Gasteiger partial charge on any atom is -0.479 e. The number of hydrogen-bond donors (Lipinski definition) is 2. The average molecular weight is 216 g/mol. The van der Waals surface area contributed by atoms with Gasteiger partial charge in [0.1, 0.15) is 0 Å². The Kier molecular flexibility index (Phi) is 2.87. The fourth-order valence-corrected chi connectivity index (χ4v) is 1.93. The molecule has 0 aliphatic carbocycles. The van der Waals surface area contributed by atoms with Gasteiger partial charge in [0, 0.05) is 0 Å². The lowest BCUT2D eigenvalue weighted by molar-refractivity contribution is -0.142. The quantitative estimate of drug-likeness (QED) is 0.733. The molecule has 1 aromatic carbocycles. The summed E-state index contributed by atoms with van der Waals surface area (Å²) in [5, 5.41) is 17.3. The number of carbonyl (C=O) groups is 1. The van der Waals surface area contributed by atoms with Crippen molar-refractivity contribution in [2.75, 3.05) is 0 Å². The predicted molar refractivity (Wildman–Crippen MR) is 47.3 cm³/mol. The van der Waals surface area contributed by atoms with Gasteiger partial charge in [-0.2, -0.15) is 0 Å². The number of aliphatic hydroxyl groups excluding tert-OH is 1. The van der Waals surface area contributed by atoms with Crippen molar-refractivity contribution in [1.29, 1.82) is 0 Å². The molecule has 0 aliphatic rings. The Bertz CT molecular complexity index is 422. The molecule has 0 heterocycles. The van der Waals surface area contributed by atoms with Crippen molar-refractivity contribution >= 4 is 15.8 Å². The van der Waals surface area contributed by atoms with Gasteiger partial charge in [0.25, 0.3) is 5.44 Å². The number of carboxylic acid groups (broad SMARTS) is 1. The third kappa shape index (κ3) is 1.91. The van der Waals surface area contributed by atoms with E-state index < -0.39 is 21.2 Å². The normalized spacial score (nSPS) is 13.5. The van der Waals surface area contributed by atoms with Gasteiger partial charge in [0.2, 0.25) is 9.84 Å². The van der Waals surface area contributed by atoms with Crippen LogP contribution in [0.1, 0.15) is 0 Å². The van der Waals surface area contributed by atoms with Crippen LogP contribution in [0, 0.1) is 0 Å². The van der Waals surface area contributed by atoms with Crippen LogP contribution in [0.2, 0.25) is 0 Å². The highest BCUT2D eigenvalue weighted by atomic mass is 32.2. The zero-order valence-electron chi connectivity index (χ0n) is 6.99. The molecule has 0 saturated heterocycles. The van der Waals surface area contributed by atoms with Crippen LogP contribution in [0.4, 0.5) is 0 Å². The lowest BCUT2D eigenvalue weighted by Crippen LogP contribution is -2.29. The molecule has 1 unspecified atom stereocenters. The molecular formula is C8H8O5S. The van der Waals surface area contributed by atoms with Gasteiger partial charge in [-0.25, -0.2) is 13.2 Å². The summed E-state index contributed by atoms with van der Waals surface area (Å²) in [6.07, 6.45) is 0. The summed E-state index contributed by atoms with van der Waals surface area (Å²) in [7, 11) is -4.18. The third-order valence-corrected chi connectivity index (χ3v) is 3.30. The van der Waals surface area contributed by atoms with Crippen molar-refractivity contribution in [3.8, 4) is 0 Å². The molecule has 1 atom stereocenters. The molecule has 0 aromatic heterocycles. The first kappa shape index (κ1) is 10.7. The number of sulfone groups is 1. The lowest BCUT2D eigenvalue weighted by Gasteiger charge is -2.06. The Balaban J connectivity index is 3.16. The Hall–Kier alpha value is -1.40. The maximum absolute atomic E-state index is 11.3. The molecular weight excluding hydrogens is 208 g/mol. The number of benzene rings is 1. The van der Waals surface area contributed by atoms with Crippen molar-refractivity contribution < 1.29 is 23.4 Å². The predicted octanol–water partition coefficient (Wildman–Crippen LogP) is -0.137. The maximum atomic E-state index is 11.3. The van der Waals surface area contributed by atoms with Crippen LogP contribution in [0.3, 0.4) is 0 Å². The minimum absolute atomic E-state index is 0.213. The van der Waals surface area contributed by atoms with Gasteiger partial charge in [-0.15, -0.1) is 0 Å². The second-order valence-electron chi connectivity index (χ2n) is 2.55. The smallest absolute Gasteiger partial charge is 0.348 e. The van der Waals surface area contributed by atoms with Crippen LogP contribution >= 0.6 is 0 Å². The van der Waals surface area contributed by atoms with Gasteiger partial charge in [-0.05, 0) is 12.1 Å². The number of rotatable bonds is 3. The summed E-state index contributed by atoms with van der Waals surface area (Å²) in [6, 6.07) is 6.93. The van der Waals surface area contributed by atoms with Gasteiger partial charge in [-0.1, -0.05) is 18.2 Å². The Morgan fingerprint density at radius 2 is 1.71 bits per heavy atom. The topological polar surface area (TPSA) is 91.7 Å². The third-order valence-electron chi connectivity index (χ3n) is 1.58. The highest BCUT2D eigenvalue weighted by Crippen LogP contribution is 2.13. The molecule has 14 heavy (non-hydrogen) atoms. The first-order valence-corrected chi connectivity index (χ1v) is 5.20. The molecule has 0 saturated carbocycles. The molecule has 76 valence electrons. The summed E-state index contributed by atoms with van der Waals surface area (Å²) in [4.78, 5) is 10.1. The van der Waals surface area contributed by atoms with Gasteiger partial charge < -0.3 is 10.2 Å². The highest BCUT2D eigenvalue weighted by Gasteiger charge is 2.31. The molecule has 0 bridgehead atoms. The lowest BCUT2D eigenvalue weighted by atomic mass is 10.4.